The van der Waals surface area contributed by atoms with Gasteiger partial charge in [-0.15, -0.1) is 0 Å². The number of rotatable bonds is 7. The Hall–Kier alpha value is -3.27. The maximum atomic E-state index is 12.8. The van der Waals surface area contributed by atoms with Crippen LogP contribution < -0.4 is 15.0 Å². The average molecular weight is 429 g/mol. The average Bonchev–Trinajstić information content (AvgIpc) is 2.83. The molecule has 1 aliphatic heterocycles. The van der Waals surface area contributed by atoms with Gasteiger partial charge in [-0.1, -0.05) is 55.5 Å². The van der Waals surface area contributed by atoms with E-state index in [1.807, 2.05) is 55.5 Å². The smallest absolute Gasteiger partial charge is 0.251 e. The Kier molecular flexibility index (Phi) is 7.10. The van der Waals surface area contributed by atoms with Crippen LogP contribution in [0.5, 0.6) is 5.75 Å². The van der Waals surface area contributed by atoms with Crippen molar-refractivity contribution in [3.05, 3.63) is 95.6 Å². The van der Waals surface area contributed by atoms with Crippen LogP contribution in [-0.2, 0) is 6.61 Å². The number of nitrogens with zero attached hydrogens (tertiary/aromatic N) is 1. The number of carbonyl (C=O) groups is 1. The monoisotopic (exact) mass is 428 g/mol. The zero-order valence-corrected chi connectivity index (χ0v) is 19.0. The van der Waals surface area contributed by atoms with Crippen molar-refractivity contribution >= 4 is 11.6 Å². The lowest BCUT2D eigenvalue weighted by molar-refractivity contribution is 0.0939. The van der Waals surface area contributed by atoms with Gasteiger partial charge in [0.15, 0.2) is 0 Å². The molecule has 4 heteroatoms. The molecule has 1 heterocycles. The molecule has 4 rings (SSSR count). The molecular weight excluding hydrogens is 396 g/mol. The maximum absolute atomic E-state index is 12.8. The quantitative estimate of drug-likeness (QED) is 0.502. The summed E-state index contributed by atoms with van der Waals surface area (Å²) in [4.78, 5) is 15.3. The Morgan fingerprint density at radius 1 is 1.06 bits per heavy atom. The van der Waals surface area contributed by atoms with Gasteiger partial charge < -0.3 is 15.0 Å². The van der Waals surface area contributed by atoms with E-state index in [9.17, 15) is 4.79 Å². The first-order valence-corrected chi connectivity index (χ1v) is 11.5. The number of benzene rings is 3. The number of hydrogen-bond acceptors (Lipinski definition) is 3. The third kappa shape index (κ3) is 5.70. The van der Waals surface area contributed by atoms with Crippen LogP contribution in [0.2, 0.25) is 0 Å². The second-order valence-electron chi connectivity index (χ2n) is 8.78. The van der Waals surface area contributed by atoms with Crippen LogP contribution in [0.3, 0.4) is 0 Å². The van der Waals surface area contributed by atoms with Gasteiger partial charge >= 0.3 is 0 Å². The van der Waals surface area contributed by atoms with Crippen molar-refractivity contribution in [3.63, 3.8) is 0 Å². The fourth-order valence-electron chi connectivity index (χ4n) is 4.23. The molecule has 166 valence electrons. The minimum atomic E-state index is -0.100. The Bertz CT molecular complexity index is 1020. The predicted molar refractivity (Wildman–Crippen MR) is 130 cm³/mol. The van der Waals surface area contributed by atoms with Crippen LogP contribution in [0.25, 0.3) is 0 Å². The number of amides is 1. The summed E-state index contributed by atoms with van der Waals surface area (Å²) in [5.41, 5.74) is 4.06. The van der Waals surface area contributed by atoms with Crippen LogP contribution in [0, 0.1) is 5.92 Å². The van der Waals surface area contributed by atoms with Gasteiger partial charge in [0.05, 0.1) is 6.04 Å². The second-order valence-corrected chi connectivity index (χ2v) is 8.78. The normalized spacial score (nSPS) is 16.9. The van der Waals surface area contributed by atoms with Crippen molar-refractivity contribution in [2.45, 2.75) is 39.3 Å². The highest BCUT2D eigenvalue weighted by Crippen LogP contribution is 2.25. The van der Waals surface area contributed by atoms with E-state index in [4.69, 9.17) is 4.74 Å². The Morgan fingerprint density at radius 3 is 2.59 bits per heavy atom. The summed E-state index contributed by atoms with van der Waals surface area (Å²) in [7, 11) is 0. The van der Waals surface area contributed by atoms with Crippen molar-refractivity contribution in [3.8, 4) is 5.75 Å². The molecule has 1 fully saturated rings. The molecule has 1 saturated heterocycles. The van der Waals surface area contributed by atoms with Gasteiger partial charge in [-0.05, 0) is 67.1 Å². The van der Waals surface area contributed by atoms with Gasteiger partial charge in [0.2, 0.25) is 0 Å². The molecule has 0 bridgehead atoms. The molecule has 1 aliphatic rings. The van der Waals surface area contributed by atoms with Crippen molar-refractivity contribution in [2.75, 3.05) is 18.0 Å². The summed E-state index contributed by atoms with van der Waals surface area (Å²) in [5.74, 6) is 1.33. The van der Waals surface area contributed by atoms with Gasteiger partial charge in [0.25, 0.3) is 5.91 Å². The number of anilines is 1. The van der Waals surface area contributed by atoms with E-state index in [0.717, 1.165) is 30.1 Å². The summed E-state index contributed by atoms with van der Waals surface area (Å²) >= 11 is 0. The molecule has 0 radical (unpaired) electrons. The molecule has 2 atom stereocenters. The van der Waals surface area contributed by atoms with E-state index in [1.165, 1.54) is 18.5 Å². The van der Waals surface area contributed by atoms with E-state index < -0.39 is 0 Å². The fraction of sp³-hybridized carbons (Fsp3) is 0.321. The van der Waals surface area contributed by atoms with Crippen molar-refractivity contribution in [1.29, 1.82) is 0 Å². The predicted octanol–water partition coefficient (Wildman–Crippen LogP) is 5.99. The van der Waals surface area contributed by atoms with Crippen LogP contribution >= 0.6 is 0 Å². The highest BCUT2D eigenvalue weighted by atomic mass is 16.5. The number of nitrogens with one attached hydrogen (secondary N) is 1. The summed E-state index contributed by atoms with van der Waals surface area (Å²) < 4.78 is 5.87. The minimum absolute atomic E-state index is 0.0780. The lowest BCUT2D eigenvalue weighted by Crippen LogP contribution is -2.34. The highest BCUT2D eigenvalue weighted by Gasteiger charge is 2.17. The third-order valence-electron chi connectivity index (χ3n) is 6.11. The van der Waals surface area contributed by atoms with Crippen molar-refractivity contribution < 1.29 is 9.53 Å². The van der Waals surface area contributed by atoms with Crippen LogP contribution in [0.1, 0.15) is 54.2 Å². The topological polar surface area (TPSA) is 41.6 Å². The molecule has 0 aliphatic carbocycles. The third-order valence-corrected chi connectivity index (χ3v) is 6.11. The Labute approximate surface area is 191 Å². The molecule has 3 aromatic rings. The highest BCUT2D eigenvalue weighted by molar-refractivity contribution is 5.94. The van der Waals surface area contributed by atoms with E-state index in [-0.39, 0.29) is 11.9 Å². The summed E-state index contributed by atoms with van der Waals surface area (Å²) in [5, 5.41) is 3.11. The molecule has 0 spiro atoms. The molecule has 32 heavy (non-hydrogen) atoms. The van der Waals surface area contributed by atoms with E-state index in [1.54, 1.807) is 6.07 Å². The van der Waals surface area contributed by atoms with E-state index >= 15 is 0 Å². The molecule has 3 aromatic carbocycles. The first-order valence-electron chi connectivity index (χ1n) is 11.5. The molecule has 0 saturated carbocycles. The number of ether oxygens (including phenoxy) is 1. The van der Waals surface area contributed by atoms with Crippen LogP contribution in [0.4, 0.5) is 5.69 Å². The fourth-order valence-corrected chi connectivity index (χ4v) is 4.23. The van der Waals surface area contributed by atoms with Gasteiger partial charge in [-0.2, -0.15) is 0 Å². The Morgan fingerprint density at radius 2 is 1.84 bits per heavy atom. The van der Waals surface area contributed by atoms with Gasteiger partial charge in [-0.3, -0.25) is 4.79 Å². The lowest BCUT2D eigenvalue weighted by atomic mass is 9.99. The first kappa shape index (κ1) is 21.9. The van der Waals surface area contributed by atoms with Gasteiger partial charge in [-0.25, -0.2) is 0 Å². The zero-order valence-electron chi connectivity index (χ0n) is 19.0. The SMILES string of the molecule is CC1CCCN(c2ccc(C(C)NC(=O)c3cccc(OCc4ccccc4)c3)cc2)C1. The van der Waals surface area contributed by atoms with Crippen molar-refractivity contribution in [1.82, 2.24) is 5.32 Å². The molecule has 1 N–H and O–H groups in total. The van der Waals surface area contributed by atoms with Gasteiger partial charge in [0.1, 0.15) is 12.4 Å². The largest absolute Gasteiger partial charge is 0.489 e. The van der Waals surface area contributed by atoms with Crippen LogP contribution in [-0.4, -0.2) is 19.0 Å². The molecule has 1 amide bonds. The van der Waals surface area contributed by atoms with E-state index in [2.05, 4.69) is 41.4 Å². The molecule has 4 nitrogen and oxygen atoms in total. The molecular formula is C28H32N2O2. The van der Waals surface area contributed by atoms with Crippen LogP contribution in [0.15, 0.2) is 78.9 Å². The van der Waals surface area contributed by atoms with Gasteiger partial charge in [0, 0.05) is 24.3 Å². The minimum Gasteiger partial charge on any atom is -0.489 e. The molecule has 0 aromatic heterocycles. The first-order chi connectivity index (χ1) is 15.6. The lowest BCUT2D eigenvalue weighted by Gasteiger charge is -2.33. The van der Waals surface area contributed by atoms with E-state index in [0.29, 0.717) is 17.9 Å². The summed E-state index contributed by atoms with van der Waals surface area (Å²) in [6.07, 6.45) is 2.57. The number of carbonyl (C=O) groups excluding carboxylic acids is 1. The standard InChI is InChI=1S/C28H32N2O2/c1-21-8-7-17-30(19-21)26-15-13-24(14-16-26)22(2)29-28(31)25-11-6-12-27(18-25)32-20-23-9-4-3-5-10-23/h3-6,9-16,18,21-22H,7-8,17,19-20H2,1-2H3,(H,29,31). The number of hydrogen-bond donors (Lipinski definition) is 1. The number of piperidine rings is 1. The Balaban J connectivity index is 1.35. The van der Waals surface area contributed by atoms with Crippen molar-refractivity contribution in [2.24, 2.45) is 5.92 Å². The summed E-state index contributed by atoms with van der Waals surface area (Å²) in [6.45, 7) is 7.06. The zero-order chi connectivity index (χ0) is 22.3. The summed E-state index contributed by atoms with van der Waals surface area (Å²) in [6, 6.07) is 25.9. The second kappa shape index (κ2) is 10.4. The molecule has 2 unspecified atom stereocenters. The maximum Gasteiger partial charge on any atom is 0.251 e.